The maximum Gasteiger partial charge on any atom is 0.0957 e. The molecule has 1 aromatic carbocycles. The molecule has 2 aliphatic carbocycles. The van der Waals surface area contributed by atoms with Gasteiger partial charge >= 0.3 is 0 Å². The molecule has 0 amide bonds. The van der Waals surface area contributed by atoms with E-state index in [0.29, 0.717) is 6.42 Å². The van der Waals surface area contributed by atoms with Crippen LogP contribution in [0.4, 0.5) is 0 Å². The van der Waals surface area contributed by atoms with Crippen molar-refractivity contribution in [1.29, 1.82) is 0 Å². The van der Waals surface area contributed by atoms with Gasteiger partial charge in [0, 0.05) is 12.0 Å². The highest BCUT2D eigenvalue weighted by Crippen LogP contribution is 2.36. The molecule has 3 nitrogen and oxygen atoms in total. The third-order valence-corrected chi connectivity index (χ3v) is 5.28. The van der Waals surface area contributed by atoms with E-state index in [2.05, 4.69) is 36.5 Å². The van der Waals surface area contributed by atoms with E-state index in [-0.39, 0.29) is 12.0 Å². The van der Waals surface area contributed by atoms with Crippen molar-refractivity contribution in [3.05, 3.63) is 35.4 Å². The summed E-state index contributed by atoms with van der Waals surface area (Å²) in [6.45, 7) is 3.06. The normalized spacial score (nSPS) is 33.7. The Kier molecular flexibility index (Phi) is 4.63. The Labute approximate surface area is 127 Å². The van der Waals surface area contributed by atoms with Crippen LogP contribution < -0.4 is 5.32 Å². The zero-order valence-corrected chi connectivity index (χ0v) is 12.8. The summed E-state index contributed by atoms with van der Waals surface area (Å²) >= 11 is 0. The Hall–Kier alpha value is -0.900. The summed E-state index contributed by atoms with van der Waals surface area (Å²) in [6.07, 6.45) is 4.65. The van der Waals surface area contributed by atoms with Gasteiger partial charge in [-0.3, -0.25) is 0 Å². The molecular weight excluding hydrogens is 262 g/mol. The predicted molar refractivity (Wildman–Crippen MR) is 84.3 cm³/mol. The molecular formula is C18H27NO2. The first-order valence-corrected chi connectivity index (χ1v) is 8.31. The quantitative estimate of drug-likeness (QED) is 0.797. The largest absolute Gasteiger partial charge is 0.390 e. The molecule has 3 rings (SSSR count). The first-order valence-electron chi connectivity index (χ1n) is 8.31. The molecule has 21 heavy (non-hydrogen) atoms. The van der Waals surface area contributed by atoms with E-state index in [4.69, 9.17) is 0 Å². The summed E-state index contributed by atoms with van der Waals surface area (Å²) in [5.74, 6) is 0.949. The molecule has 0 aliphatic heterocycles. The Balaban J connectivity index is 1.71. The third kappa shape index (κ3) is 3.31. The SMILES string of the molecule is Cc1cccc([C@H]2C[C@@H](O)[C@@H](O)[C@@H]2NCC2CCCC2)c1. The van der Waals surface area contributed by atoms with E-state index in [0.717, 1.165) is 12.5 Å². The van der Waals surface area contributed by atoms with Crippen molar-refractivity contribution < 1.29 is 10.2 Å². The number of aryl methyl sites for hydroxylation is 1. The molecule has 4 atom stereocenters. The zero-order chi connectivity index (χ0) is 14.8. The van der Waals surface area contributed by atoms with Crippen LogP contribution in [-0.4, -0.2) is 35.0 Å². The number of aliphatic hydroxyl groups is 2. The van der Waals surface area contributed by atoms with Gasteiger partial charge in [0.25, 0.3) is 0 Å². The minimum atomic E-state index is -0.656. The fraction of sp³-hybridized carbons (Fsp3) is 0.667. The van der Waals surface area contributed by atoms with Crippen LogP contribution in [0.15, 0.2) is 24.3 Å². The van der Waals surface area contributed by atoms with Gasteiger partial charge in [-0.25, -0.2) is 0 Å². The van der Waals surface area contributed by atoms with Crippen molar-refractivity contribution in [3.63, 3.8) is 0 Å². The molecule has 2 fully saturated rings. The summed E-state index contributed by atoms with van der Waals surface area (Å²) in [6, 6.07) is 8.43. The smallest absolute Gasteiger partial charge is 0.0957 e. The molecule has 0 radical (unpaired) electrons. The summed E-state index contributed by atoms with van der Waals surface area (Å²) in [4.78, 5) is 0. The van der Waals surface area contributed by atoms with E-state index in [9.17, 15) is 10.2 Å². The van der Waals surface area contributed by atoms with Crippen LogP contribution in [0.25, 0.3) is 0 Å². The van der Waals surface area contributed by atoms with Crippen molar-refractivity contribution in [1.82, 2.24) is 5.32 Å². The molecule has 2 aliphatic rings. The lowest BCUT2D eigenvalue weighted by molar-refractivity contribution is 0.0294. The second-order valence-corrected chi connectivity index (χ2v) is 6.90. The highest BCUT2D eigenvalue weighted by Gasteiger charge is 2.42. The van der Waals surface area contributed by atoms with E-state index < -0.39 is 12.2 Å². The molecule has 2 saturated carbocycles. The average Bonchev–Trinajstić information content (AvgIpc) is 3.07. The van der Waals surface area contributed by atoms with Crippen molar-refractivity contribution in [2.75, 3.05) is 6.54 Å². The molecule has 3 heteroatoms. The molecule has 0 saturated heterocycles. The van der Waals surface area contributed by atoms with Crippen LogP contribution >= 0.6 is 0 Å². The van der Waals surface area contributed by atoms with Crippen LogP contribution in [0.5, 0.6) is 0 Å². The standard InChI is InChI=1S/C18H27NO2/c1-12-5-4-8-14(9-12)15-10-16(20)18(21)17(15)19-11-13-6-2-3-7-13/h4-5,8-9,13,15-21H,2-3,6-7,10-11H2,1H3/t15-,16-,17-,18-/m1/s1. The maximum atomic E-state index is 10.3. The first kappa shape index (κ1) is 15.0. The summed E-state index contributed by atoms with van der Waals surface area (Å²) in [5, 5.41) is 24.0. The van der Waals surface area contributed by atoms with Crippen LogP contribution in [0.2, 0.25) is 0 Å². The average molecular weight is 289 g/mol. The minimum absolute atomic E-state index is 0.0256. The number of rotatable bonds is 4. The number of aliphatic hydroxyl groups excluding tert-OH is 2. The molecule has 3 N–H and O–H groups in total. The Bertz CT molecular complexity index is 470. The molecule has 0 spiro atoms. The van der Waals surface area contributed by atoms with Gasteiger partial charge in [0.2, 0.25) is 0 Å². The fourth-order valence-corrected chi connectivity index (χ4v) is 4.05. The zero-order valence-electron chi connectivity index (χ0n) is 12.8. The molecule has 116 valence electrons. The lowest BCUT2D eigenvalue weighted by atomic mass is 9.92. The molecule has 1 aromatic rings. The van der Waals surface area contributed by atoms with Gasteiger partial charge in [0.15, 0.2) is 0 Å². The number of benzene rings is 1. The highest BCUT2D eigenvalue weighted by molar-refractivity contribution is 5.29. The van der Waals surface area contributed by atoms with Gasteiger partial charge in [-0.1, -0.05) is 42.7 Å². The van der Waals surface area contributed by atoms with Crippen molar-refractivity contribution in [3.8, 4) is 0 Å². The van der Waals surface area contributed by atoms with Gasteiger partial charge in [0.1, 0.15) is 0 Å². The van der Waals surface area contributed by atoms with Gasteiger partial charge in [-0.15, -0.1) is 0 Å². The second-order valence-electron chi connectivity index (χ2n) is 6.90. The lowest BCUT2D eigenvalue weighted by Gasteiger charge is -2.25. The topological polar surface area (TPSA) is 52.5 Å². The summed E-state index contributed by atoms with van der Waals surface area (Å²) in [7, 11) is 0. The predicted octanol–water partition coefficient (Wildman–Crippen LogP) is 2.35. The Morgan fingerprint density at radius 3 is 2.67 bits per heavy atom. The fourth-order valence-electron chi connectivity index (χ4n) is 4.05. The Morgan fingerprint density at radius 1 is 1.19 bits per heavy atom. The molecule has 0 bridgehead atoms. The van der Waals surface area contributed by atoms with Crippen LogP contribution in [0.3, 0.4) is 0 Å². The summed E-state index contributed by atoms with van der Waals surface area (Å²) in [5.41, 5.74) is 2.47. The van der Waals surface area contributed by atoms with E-state index >= 15 is 0 Å². The second kappa shape index (κ2) is 6.47. The maximum absolute atomic E-state index is 10.3. The van der Waals surface area contributed by atoms with Crippen LogP contribution in [0.1, 0.15) is 49.1 Å². The molecule has 0 heterocycles. The van der Waals surface area contributed by atoms with Gasteiger partial charge in [-0.2, -0.15) is 0 Å². The van der Waals surface area contributed by atoms with E-state index in [1.54, 1.807) is 0 Å². The minimum Gasteiger partial charge on any atom is -0.390 e. The number of hydrogen-bond donors (Lipinski definition) is 3. The molecule has 0 aromatic heterocycles. The first-order chi connectivity index (χ1) is 10.1. The van der Waals surface area contributed by atoms with Crippen LogP contribution in [-0.2, 0) is 0 Å². The number of nitrogens with one attached hydrogen (secondary N) is 1. The van der Waals surface area contributed by atoms with Gasteiger partial charge in [0.05, 0.1) is 12.2 Å². The van der Waals surface area contributed by atoms with Crippen molar-refractivity contribution in [2.24, 2.45) is 5.92 Å². The van der Waals surface area contributed by atoms with E-state index in [1.165, 1.54) is 36.8 Å². The van der Waals surface area contributed by atoms with Crippen LogP contribution in [0, 0.1) is 12.8 Å². The van der Waals surface area contributed by atoms with Gasteiger partial charge in [-0.05, 0) is 44.2 Å². The number of hydrogen-bond acceptors (Lipinski definition) is 3. The van der Waals surface area contributed by atoms with Crippen molar-refractivity contribution >= 4 is 0 Å². The monoisotopic (exact) mass is 289 g/mol. The molecule has 0 unspecified atom stereocenters. The highest BCUT2D eigenvalue weighted by atomic mass is 16.3. The lowest BCUT2D eigenvalue weighted by Crippen LogP contribution is -2.44. The van der Waals surface area contributed by atoms with Crippen molar-refractivity contribution in [2.45, 2.75) is 63.2 Å². The Morgan fingerprint density at radius 2 is 1.95 bits per heavy atom. The van der Waals surface area contributed by atoms with Gasteiger partial charge < -0.3 is 15.5 Å². The summed E-state index contributed by atoms with van der Waals surface area (Å²) < 4.78 is 0. The van der Waals surface area contributed by atoms with E-state index in [1.807, 2.05) is 0 Å². The third-order valence-electron chi connectivity index (χ3n) is 5.28.